The summed E-state index contributed by atoms with van der Waals surface area (Å²) in [7, 11) is 0. The second-order valence-electron chi connectivity index (χ2n) is 7.77. The molecule has 0 aromatic carbocycles. The number of aromatic nitrogens is 4. The number of H-pyrrole nitrogens is 1. The molecule has 1 amide bonds. The van der Waals surface area contributed by atoms with Crippen molar-refractivity contribution in [3.63, 3.8) is 0 Å². The Morgan fingerprint density at radius 2 is 2.13 bits per heavy atom. The van der Waals surface area contributed by atoms with E-state index in [1.807, 2.05) is 6.07 Å². The van der Waals surface area contributed by atoms with Gasteiger partial charge in [-0.25, -0.2) is 19.3 Å². The summed E-state index contributed by atoms with van der Waals surface area (Å²) in [6, 6.07) is 7.09. The first-order chi connectivity index (χ1) is 14.6. The van der Waals surface area contributed by atoms with Gasteiger partial charge in [-0.1, -0.05) is 0 Å². The highest BCUT2D eigenvalue weighted by Gasteiger charge is 2.31. The normalized spacial score (nSPS) is 20.5. The summed E-state index contributed by atoms with van der Waals surface area (Å²) in [5.41, 5.74) is 1.33. The minimum atomic E-state index is -0.315. The average molecular weight is 408 g/mol. The monoisotopic (exact) mass is 408 g/mol. The van der Waals surface area contributed by atoms with Crippen LogP contribution in [-0.4, -0.2) is 57.3 Å². The molecule has 2 atom stereocenters. The van der Waals surface area contributed by atoms with Gasteiger partial charge in [-0.15, -0.1) is 0 Å². The third-order valence-electron chi connectivity index (χ3n) is 5.94. The topological polar surface area (TPSA) is 105 Å². The van der Waals surface area contributed by atoms with Gasteiger partial charge in [-0.3, -0.25) is 9.78 Å². The summed E-state index contributed by atoms with van der Waals surface area (Å²) in [6.07, 6.45) is 4.93. The summed E-state index contributed by atoms with van der Waals surface area (Å²) in [6.45, 7) is 4.03. The second-order valence-corrected chi connectivity index (χ2v) is 7.77. The van der Waals surface area contributed by atoms with Crippen molar-refractivity contribution in [1.29, 1.82) is 0 Å². The van der Waals surface area contributed by atoms with E-state index in [1.54, 1.807) is 24.4 Å². The number of rotatable bonds is 3. The minimum absolute atomic E-state index is 0.0563. The number of aromatic amines is 1. The van der Waals surface area contributed by atoms with Crippen LogP contribution >= 0.6 is 0 Å². The molecule has 3 aromatic rings. The van der Waals surface area contributed by atoms with Crippen LogP contribution in [0.2, 0.25) is 0 Å². The van der Waals surface area contributed by atoms with Crippen molar-refractivity contribution in [3.8, 4) is 5.82 Å². The largest absolute Gasteiger partial charge is 0.376 e. The Morgan fingerprint density at radius 3 is 2.97 bits per heavy atom. The Bertz CT molecular complexity index is 1150. The zero-order chi connectivity index (χ0) is 20.7. The van der Waals surface area contributed by atoms with Gasteiger partial charge in [0.2, 0.25) is 0 Å². The molecule has 2 aliphatic heterocycles. The van der Waals surface area contributed by atoms with E-state index >= 15 is 0 Å². The molecule has 2 N–H and O–H groups in total. The van der Waals surface area contributed by atoms with Crippen molar-refractivity contribution in [1.82, 2.24) is 24.8 Å². The fourth-order valence-corrected chi connectivity index (χ4v) is 4.36. The quantitative estimate of drug-likeness (QED) is 0.682. The number of carbonyl (C=O) groups is 1. The molecule has 2 aliphatic rings. The predicted molar refractivity (Wildman–Crippen MR) is 112 cm³/mol. The van der Waals surface area contributed by atoms with E-state index in [0.717, 1.165) is 25.9 Å². The van der Waals surface area contributed by atoms with Crippen LogP contribution < -0.4 is 15.9 Å². The standard InChI is InChI=1S/C21H24N6O3/c1-13(16-6-2-3-12-30-16)26-11-10-23-20(28)14-7-8-17(24-19(14)26)27-15-5-4-9-22-18(15)25-21(27)29/h4-5,7-9,13,16H,2-3,6,10-12H2,1H3,(H,23,28)(H,22,25,29)/t13-,16+/m1/s1. The number of pyridine rings is 2. The van der Waals surface area contributed by atoms with Crippen molar-refractivity contribution in [2.75, 3.05) is 24.6 Å². The van der Waals surface area contributed by atoms with Gasteiger partial charge in [0.25, 0.3) is 5.91 Å². The number of amides is 1. The van der Waals surface area contributed by atoms with Crippen LogP contribution in [0.25, 0.3) is 17.0 Å². The number of fused-ring (bicyclic) bond motifs is 2. The Kier molecular flexibility index (Phi) is 4.74. The maximum atomic E-state index is 12.6. The molecule has 9 heteroatoms. The summed E-state index contributed by atoms with van der Waals surface area (Å²) in [5.74, 6) is 0.875. The lowest BCUT2D eigenvalue weighted by Crippen LogP contribution is -2.46. The molecule has 156 valence electrons. The second kappa shape index (κ2) is 7.56. The lowest BCUT2D eigenvalue weighted by Gasteiger charge is -2.37. The number of nitrogens with zero attached hydrogens (tertiary/aromatic N) is 4. The third-order valence-corrected chi connectivity index (χ3v) is 5.94. The molecule has 9 nitrogen and oxygen atoms in total. The number of carbonyl (C=O) groups excluding carboxylic acids is 1. The van der Waals surface area contributed by atoms with Crippen LogP contribution in [0.4, 0.5) is 5.82 Å². The van der Waals surface area contributed by atoms with Gasteiger partial charge in [0.05, 0.1) is 23.2 Å². The number of hydrogen-bond acceptors (Lipinski definition) is 6. The highest BCUT2D eigenvalue weighted by molar-refractivity contribution is 5.99. The zero-order valence-corrected chi connectivity index (χ0v) is 16.8. The summed E-state index contributed by atoms with van der Waals surface area (Å²) >= 11 is 0. The Hall–Kier alpha value is -3.20. The molecule has 3 aromatic heterocycles. The van der Waals surface area contributed by atoms with Gasteiger partial charge in [0.1, 0.15) is 11.6 Å². The zero-order valence-electron chi connectivity index (χ0n) is 16.8. The molecule has 0 spiro atoms. The molecule has 1 saturated heterocycles. The van der Waals surface area contributed by atoms with Crippen molar-refractivity contribution < 1.29 is 9.53 Å². The number of ether oxygens (including phenoxy) is 1. The van der Waals surface area contributed by atoms with Crippen molar-refractivity contribution in [3.05, 3.63) is 46.5 Å². The molecule has 5 heterocycles. The lowest BCUT2D eigenvalue weighted by molar-refractivity contribution is 0.00228. The van der Waals surface area contributed by atoms with Crippen LogP contribution in [0.5, 0.6) is 0 Å². The first-order valence-electron chi connectivity index (χ1n) is 10.4. The van der Waals surface area contributed by atoms with E-state index in [1.165, 1.54) is 4.57 Å². The molecule has 0 saturated carbocycles. The van der Waals surface area contributed by atoms with Crippen molar-refractivity contribution in [2.45, 2.75) is 38.3 Å². The number of imidazole rings is 1. The van der Waals surface area contributed by atoms with Crippen LogP contribution in [-0.2, 0) is 4.74 Å². The van der Waals surface area contributed by atoms with Gasteiger partial charge in [0.15, 0.2) is 5.65 Å². The molecule has 5 rings (SSSR count). The molecule has 1 fully saturated rings. The van der Waals surface area contributed by atoms with Gasteiger partial charge in [-0.05, 0) is 50.5 Å². The predicted octanol–water partition coefficient (Wildman–Crippen LogP) is 1.62. The molecule has 0 unspecified atom stereocenters. The first kappa shape index (κ1) is 18.8. The van der Waals surface area contributed by atoms with Crippen LogP contribution in [0.15, 0.2) is 35.3 Å². The van der Waals surface area contributed by atoms with Crippen LogP contribution in [0.1, 0.15) is 36.5 Å². The molecule has 30 heavy (non-hydrogen) atoms. The fraction of sp³-hybridized carbons (Fsp3) is 0.429. The Labute approximate surface area is 173 Å². The van der Waals surface area contributed by atoms with E-state index < -0.39 is 0 Å². The van der Waals surface area contributed by atoms with Gasteiger partial charge in [0, 0.05) is 25.9 Å². The lowest BCUT2D eigenvalue weighted by atomic mass is 10.0. The third kappa shape index (κ3) is 3.15. The van der Waals surface area contributed by atoms with E-state index in [-0.39, 0.29) is 23.7 Å². The number of nitrogens with one attached hydrogen (secondary N) is 2. The van der Waals surface area contributed by atoms with Crippen molar-refractivity contribution in [2.24, 2.45) is 0 Å². The van der Waals surface area contributed by atoms with Gasteiger partial charge in [-0.2, -0.15) is 0 Å². The smallest absolute Gasteiger partial charge is 0.333 e. The number of anilines is 1. The Balaban J connectivity index is 1.62. The SMILES string of the molecule is C[C@H]([C@@H]1CCCCO1)N1CCNC(=O)c2ccc(-n3c(=O)[nH]c4ncccc43)nc21. The van der Waals surface area contributed by atoms with Crippen molar-refractivity contribution >= 4 is 22.9 Å². The molecule has 0 bridgehead atoms. The number of hydrogen-bond donors (Lipinski definition) is 2. The summed E-state index contributed by atoms with van der Waals surface area (Å²) < 4.78 is 7.50. The van der Waals surface area contributed by atoms with Gasteiger partial charge >= 0.3 is 5.69 Å². The molecule has 0 radical (unpaired) electrons. The van der Waals surface area contributed by atoms with E-state index in [2.05, 4.69) is 27.1 Å². The summed E-state index contributed by atoms with van der Waals surface area (Å²) in [5, 5.41) is 2.94. The molecular weight excluding hydrogens is 384 g/mol. The van der Waals surface area contributed by atoms with Crippen LogP contribution in [0, 0.1) is 0 Å². The molecule has 0 aliphatic carbocycles. The van der Waals surface area contributed by atoms with E-state index in [9.17, 15) is 9.59 Å². The van der Waals surface area contributed by atoms with E-state index in [0.29, 0.717) is 41.5 Å². The maximum absolute atomic E-state index is 12.6. The summed E-state index contributed by atoms with van der Waals surface area (Å²) in [4.78, 5) is 39.1. The highest BCUT2D eigenvalue weighted by atomic mass is 16.5. The van der Waals surface area contributed by atoms with Crippen LogP contribution in [0.3, 0.4) is 0 Å². The fourth-order valence-electron chi connectivity index (χ4n) is 4.36. The van der Waals surface area contributed by atoms with Gasteiger partial charge < -0.3 is 15.0 Å². The van der Waals surface area contributed by atoms with E-state index in [4.69, 9.17) is 9.72 Å². The molecular formula is C21H24N6O3. The first-order valence-corrected chi connectivity index (χ1v) is 10.4. The Morgan fingerprint density at radius 1 is 1.23 bits per heavy atom. The highest BCUT2D eigenvalue weighted by Crippen LogP contribution is 2.28. The average Bonchev–Trinajstić information content (AvgIpc) is 3.02. The minimum Gasteiger partial charge on any atom is -0.376 e. The maximum Gasteiger partial charge on any atom is 0.333 e.